The molecule has 1 amide bonds. The van der Waals surface area contributed by atoms with Gasteiger partial charge in [0.15, 0.2) is 0 Å². The van der Waals surface area contributed by atoms with E-state index in [2.05, 4.69) is 5.32 Å². The molecule has 0 saturated heterocycles. The molecule has 0 unspecified atom stereocenters. The molecule has 0 spiro atoms. The van der Waals surface area contributed by atoms with E-state index in [0.717, 1.165) is 11.1 Å². The molecule has 29 heavy (non-hydrogen) atoms. The number of nitrogens with one attached hydrogen (secondary N) is 1. The number of amides is 1. The van der Waals surface area contributed by atoms with Gasteiger partial charge in [0.2, 0.25) is 0 Å². The molecule has 2 N–H and O–H groups in total. The van der Waals surface area contributed by atoms with E-state index < -0.39 is 11.9 Å². The van der Waals surface area contributed by atoms with Crippen molar-refractivity contribution in [1.29, 1.82) is 0 Å². The molecule has 3 aromatic carbocycles. The van der Waals surface area contributed by atoms with Crippen LogP contribution in [0.1, 0.15) is 33.3 Å². The fourth-order valence-electron chi connectivity index (χ4n) is 2.59. The van der Waals surface area contributed by atoms with E-state index in [1.54, 1.807) is 31.2 Å². The van der Waals surface area contributed by atoms with Crippen LogP contribution in [0.15, 0.2) is 66.7 Å². The van der Waals surface area contributed by atoms with Gasteiger partial charge in [-0.3, -0.25) is 4.79 Å². The third kappa shape index (κ3) is 6.08. The van der Waals surface area contributed by atoms with Crippen LogP contribution in [0.2, 0.25) is 5.02 Å². The second kappa shape index (κ2) is 10.5. The van der Waals surface area contributed by atoms with Gasteiger partial charge < -0.3 is 16.6 Å². The molecule has 0 bridgehead atoms. The van der Waals surface area contributed by atoms with Crippen LogP contribution in [-0.4, -0.2) is 17.0 Å². The van der Waals surface area contributed by atoms with Crippen molar-refractivity contribution in [3.05, 3.63) is 94.0 Å². The van der Waals surface area contributed by atoms with Crippen molar-refractivity contribution in [2.45, 2.75) is 13.5 Å². The van der Waals surface area contributed by atoms with Gasteiger partial charge in [0.25, 0.3) is 5.91 Å². The molecule has 0 saturated carbocycles. The van der Waals surface area contributed by atoms with Crippen molar-refractivity contribution < 1.29 is 50.4 Å². The van der Waals surface area contributed by atoms with E-state index >= 15 is 0 Å². The Balaban J connectivity index is 0.00000225. The van der Waals surface area contributed by atoms with Crippen molar-refractivity contribution in [3.8, 4) is 5.75 Å². The third-order valence-corrected chi connectivity index (χ3v) is 4.49. The largest absolute Gasteiger partial charge is 1.00 e. The summed E-state index contributed by atoms with van der Waals surface area (Å²) >= 11 is 6.19. The smallest absolute Gasteiger partial charge is 1.00 e. The molecule has 5 nitrogen and oxygen atoms in total. The van der Waals surface area contributed by atoms with Crippen LogP contribution >= 0.6 is 11.6 Å². The first-order chi connectivity index (χ1) is 13.4. The van der Waals surface area contributed by atoms with Crippen molar-refractivity contribution >= 4 is 29.2 Å². The molecule has 7 heteroatoms. The van der Waals surface area contributed by atoms with Crippen LogP contribution < -0.4 is 39.6 Å². The van der Waals surface area contributed by atoms with Crippen LogP contribution in [0.5, 0.6) is 5.75 Å². The zero-order valence-electron chi connectivity index (χ0n) is 17.1. The number of carbonyl (C=O) groups excluding carboxylic acids is 1. The first kappa shape index (κ1) is 23.0. The van der Waals surface area contributed by atoms with Crippen LogP contribution in [0.4, 0.5) is 5.69 Å². The molecule has 3 rings (SSSR count). The summed E-state index contributed by atoms with van der Waals surface area (Å²) in [5.74, 6) is -1.000. The quantitative estimate of drug-likeness (QED) is 0.601. The maximum atomic E-state index is 12.7. The van der Waals surface area contributed by atoms with Gasteiger partial charge in [0, 0.05) is 5.69 Å². The molecule has 0 heterocycles. The topological polar surface area (TPSA) is 75.6 Å². The molecule has 0 aliphatic heterocycles. The Morgan fingerprint density at radius 1 is 1.07 bits per heavy atom. The first-order valence-electron chi connectivity index (χ1n) is 8.55. The predicted molar refractivity (Wildman–Crippen MR) is 109 cm³/mol. The fourth-order valence-corrected chi connectivity index (χ4v) is 2.79. The van der Waals surface area contributed by atoms with E-state index in [4.69, 9.17) is 21.4 Å². The first-order valence-corrected chi connectivity index (χ1v) is 8.93. The van der Waals surface area contributed by atoms with Gasteiger partial charge in [0.05, 0.1) is 16.1 Å². The minimum absolute atomic E-state index is 0. The van der Waals surface area contributed by atoms with Crippen LogP contribution in [0.25, 0.3) is 0 Å². The number of anilines is 1. The fraction of sp³-hybridized carbons (Fsp3) is 0.0909. The second-order valence-corrected chi connectivity index (χ2v) is 6.61. The molecule has 0 aliphatic rings. The summed E-state index contributed by atoms with van der Waals surface area (Å²) in [5, 5.41) is 12.1. The van der Waals surface area contributed by atoms with E-state index in [-0.39, 0.29) is 47.1 Å². The van der Waals surface area contributed by atoms with Gasteiger partial charge in [-0.2, -0.15) is 0 Å². The second-order valence-electron chi connectivity index (χ2n) is 6.20. The summed E-state index contributed by atoms with van der Waals surface area (Å²) in [6.07, 6.45) is 0. The summed E-state index contributed by atoms with van der Waals surface area (Å²) < 4.78 is 5.75. The summed E-state index contributed by atoms with van der Waals surface area (Å²) in [6.45, 7) is 2.14. The molecule has 0 aromatic heterocycles. The number of hydrogen-bond donors (Lipinski definition) is 2. The number of hydrogen-bond acceptors (Lipinski definition) is 3. The Kier molecular flexibility index (Phi) is 8.29. The Hall–Kier alpha value is -2.31. The SMILES string of the molecule is Cc1ccc(C(=O)O)cc1NC(=O)c1cc(OCc2ccccc2)ccc1Cl.[H-].[Na+]. The van der Waals surface area contributed by atoms with E-state index in [9.17, 15) is 9.59 Å². The molecular weight excluding hydrogens is 401 g/mol. The summed E-state index contributed by atoms with van der Waals surface area (Å²) in [4.78, 5) is 23.9. The molecule has 0 aliphatic carbocycles. The Labute approximate surface area is 197 Å². The molecule has 3 aromatic rings. The van der Waals surface area contributed by atoms with Crippen LogP contribution in [0.3, 0.4) is 0 Å². The molecule has 144 valence electrons. The van der Waals surface area contributed by atoms with Gasteiger partial charge >= 0.3 is 35.5 Å². The van der Waals surface area contributed by atoms with Gasteiger partial charge in [-0.1, -0.05) is 48.0 Å². The number of benzene rings is 3. The molecule has 0 fully saturated rings. The van der Waals surface area contributed by atoms with Gasteiger partial charge in [0.1, 0.15) is 12.4 Å². The molecule has 0 radical (unpaired) electrons. The number of carboxylic acid groups (broad SMARTS) is 1. The van der Waals surface area contributed by atoms with Gasteiger partial charge in [-0.05, 0) is 48.4 Å². The van der Waals surface area contributed by atoms with E-state index in [1.165, 1.54) is 12.1 Å². The number of aromatic carboxylic acids is 1. The average molecular weight is 420 g/mol. The predicted octanol–water partition coefficient (Wildman–Crippen LogP) is 2.29. The zero-order chi connectivity index (χ0) is 20.1. The third-order valence-electron chi connectivity index (χ3n) is 4.16. The Morgan fingerprint density at radius 3 is 2.48 bits per heavy atom. The Morgan fingerprint density at radius 2 is 1.79 bits per heavy atom. The standard InChI is InChI=1S/C22H18ClNO4.Na.H/c1-14-7-8-16(22(26)27)11-20(14)24-21(25)18-12-17(9-10-19(18)23)28-13-15-5-3-2-4-6-15;;/h2-12H,13H2,1H3,(H,24,25)(H,26,27);;/q;+1;-1. The average Bonchev–Trinajstić information content (AvgIpc) is 2.69. The van der Waals surface area contributed by atoms with Gasteiger partial charge in [-0.15, -0.1) is 0 Å². The number of ether oxygens (including phenoxy) is 1. The van der Waals surface area contributed by atoms with Crippen molar-refractivity contribution in [1.82, 2.24) is 0 Å². The normalized spacial score (nSPS) is 10.0. The monoisotopic (exact) mass is 419 g/mol. The van der Waals surface area contributed by atoms with Gasteiger partial charge in [-0.25, -0.2) is 4.79 Å². The summed E-state index contributed by atoms with van der Waals surface area (Å²) in [5.41, 5.74) is 2.49. The van der Waals surface area contributed by atoms with Crippen LogP contribution in [0, 0.1) is 6.92 Å². The van der Waals surface area contributed by atoms with E-state index in [0.29, 0.717) is 18.0 Å². The molecule has 0 atom stereocenters. The van der Waals surface area contributed by atoms with Crippen molar-refractivity contribution in [3.63, 3.8) is 0 Å². The summed E-state index contributed by atoms with van der Waals surface area (Å²) in [7, 11) is 0. The number of aryl methyl sites for hydroxylation is 1. The van der Waals surface area contributed by atoms with E-state index in [1.807, 2.05) is 30.3 Å². The number of halogens is 1. The van der Waals surface area contributed by atoms with Crippen molar-refractivity contribution in [2.24, 2.45) is 0 Å². The zero-order valence-corrected chi connectivity index (χ0v) is 18.9. The van der Waals surface area contributed by atoms with Crippen molar-refractivity contribution in [2.75, 3.05) is 5.32 Å². The number of carboxylic acids is 1. The number of rotatable bonds is 6. The summed E-state index contributed by atoms with van der Waals surface area (Å²) in [6, 6.07) is 19.1. The maximum absolute atomic E-state index is 12.7. The minimum Gasteiger partial charge on any atom is -1.00 e. The van der Waals surface area contributed by atoms with Crippen LogP contribution in [-0.2, 0) is 6.61 Å². The maximum Gasteiger partial charge on any atom is 1.00 e. The minimum atomic E-state index is -1.06. The molecular formula is C22H19ClNNaO4. The number of carbonyl (C=O) groups is 2. The Bertz CT molecular complexity index is 1030.